The molecule has 0 aliphatic carbocycles. The van der Waals surface area contributed by atoms with Gasteiger partial charge in [-0.3, -0.25) is 9.88 Å². The van der Waals surface area contributed by atoms with Gasteiger partial charge in [-0.15, -0.1) is 0 Å². The van der Waals surface area contributed by atoms with Gasteiger partial charge in [0, 0.05) is 24.4 Å². The Balaban J connectivity index is 2.20. The van der Waals surface area contributed by atoms with E-state index in [1.807, 2.05) is 12.3 Å². The van der Waals surface area contributed by atoms with Gasteiger partial charge in [-0.2, -0.15) is 5.26 Å². The van der Waals surface area contributed by atoms with Crippen LogP contribution in [0.15, 0.2) is 18.3 Å². The Morgan fingerprint density at radius 3 is 2.88 bits per heavy atom. The Morgan fingerprint density at radius 2 is 2.24 bits per heavy atom. The molecule has 0 spiro atoms. The minimum absolute atomic E-state index is 0.380. The smallest absolute Gasteiger partial charge is 0.0622 e. The second-order valence-corrected chi connectivity index (χ2v) is 4.63. The molecule has 1 aromatic heterocycles. The molecule has 17 heavy (non-hydrogen) atoms. The average molecular weight is 229 g/mol. The van der Waals surface area contributed by atoms with Gasteiger partial charge in [0.05, 0.1) is 6.07 Å². The molecule has 2 rings (SSSR count). The number of hydrogen-bond donors (Lipinski definition) is 0. The third-order valence-corrected chi connectivity index (χ3v) is 3.52. The van der Waals surface area contributed by atoms with Crippen molar-refractivity contribution in [2.75, 3.05) is 13.1 Å². The van der Waals surface area contributed by atoms with E-state index in [0.717, 1.165) is 25.2 Å². The zero-order valence-electron chi connectivity index (χ0n) is 10.4. The van der Waals surface area contributed by atoms with E-state index < -0.39 is 0 Å². The predicted octanol–water partition coefficient (Wildman–Crippen LogP) is 2.83. The molecule has 1 aromatic rings. The Kier molecular flexibility index (Phi) is 4.11. The predicted molar refractivity (Wildman–Crippen MR) is 67.4 cm³/mol. The van der Waals surface area contributed by atoms with Crippen molar-refractivity contribution in [2.24, 2.45) is 0 Å². The van der Waals surface area contributed by atoms with Crippen LogP contribution in [0.5, 0.6) is 0 Å². The number of hydrogen-bond acceptors (Lipinski definition) is 3. The van der Waals surface area contributed by atoms with E-state index in [2.05, 4.69) is 28.9 Å². The first-order valence-electron chi connectivity index (χ1n) is 6.35. The molecular weight excluding hydrogens is 210 g/mol. The average Bonchev–Trinajstić information content (AvgIpc) is 2.85. The maximum Gasteiger partial charge on any atom is 0.0622 e. The number of aromatic nitrogens is 1. The Labute approximate surface area is 103 Å². The maximum absolute atomic E-state index is 8.79. The Hall–Kier alpha value is -1.40. The normalized spacial score (nSPS) is 17.9. The summed E-state index contributed by atoms with van der Waals surface area (Å²) in [7, 11) is 0. The molecule has 0 saturated carbocycles. The second-order valence-electron chi connectivity index (χ2n) is 4.63. The Bertz CT molecular complexity index is 402. The molecule has 0 N–H and O–H groups in total. The number of nitriles is 1. The highest BCUT2D eigenvalue weighted by Gasteiger charge is 2.24. The van der Waals surface area contributed by atoms with Crippen molar-refractivity contribution in [3.8, 4) is 6.07 Å². The molecule has 1 atom stereocenters. The fourth-order valence-electron chi connectivity index (χ4n) is 2.64. The first-order chi connectivity index (χ1) is 8.33. The molecule has 0 bridgehead atoms. The number of nitrogens with zero attached hydrogens (tertiary/aromatic N) is 3. The molecule has 3 nitrogen and oxygen atoms in total. The first kappa shape index (κ1) is 12.1. The van der Waals surface area contributed by atoms with Crippen LogP contribution in [0.1, 0.15) is 43.0 Å². The quantitative estimate of drug-likeness (QED) is 0.797. The van der Waals surface area contributed by atoms with E-state index in [4.69, 9.17) is 5.26 Å². The van der Waals surface area contributed by atoms with Crippen molar-refractivity contribution in [2.45, 2.75) is 38.6 Å². The van der Waals surface area contributed by atoms with E-state index in [-0.39, 0.29) is 0 Å². The molecule has 0 radical (unpaired) electrons. The van der Waals surface area contributed by atoms with Crippen LogP contribution in [0, 0.1) is 18.3 Å². The number of rotatable bonds is 4. The largest absolute Gasteiger partial charge is 0.296 e. The van der Waals surface area contributed by atoms with Gasteiger partial charge in [-0.1, -0.05) is 6.07 Å². The lowest BCUT2D eigenvalue weighted by atomic mass is 9.99. The summed E-state index contributed by atoms with van der Waals surface area (Å²) in [5.41, 5.74) is 2.40. The molecule has 1 unspecified atom stereocenters. The van der Waals surface area contributed by atoms with Crippen LogP contribution in [0.2, 0.25) is 0 Å². The van der Waals surface area contributed by atoms with Crippen LogP contribution in [-0.2, 0) is 0 Å². The van der Waals surface area contributed by atoms with Crippen LogP contribution in [0.25, 0.3) is 0 Å². The number of pyridine rings is 1. The molecule has 1 saturated heterocycles. The molecular formula is C14H19N3. The summed E-state index contributed by atoms with van der Waals surface area (Å²) >= 11 is 0. The summed E-state index contributed by atoms with van der Waals surface area (Å²) in [6.07, 6.45) is 5.94. The lowest BCUT2D eigenvalue weighted by Gasteiger charge is -2.28. The zero-order valence-corrected chi connectivity index (χ0v) is 10.4. The monoisotopic (exact) mass is 229 g/mol. The van der Waals surface area contributed by atoms with Crippen molar-refractivity contribution in [3.05, 3.63) is 29.6 Å². The summed E-state index contributed by atoms with van der Waals surface area (Å²) < 4.78 is 0. The van der Waals surface area contributed by atoms with Gasteiger partial charge in [-0.25, -0.2) is 0 Å². The van der Waals surface area contributed by atoms with E-state index in [1.54, 1.807) is 0 Å². The lowest BCUT2D eigenvalue weighted by molar-refractivity contribution is 0.234. The Morgan fingerprint density at radius 1 is 1.47 bits per heavy atom. The lowest BCUT2D eigenvalue weighted by Crippen LogP contribution is -2.26. The summed E-state index contributed by atoms with van der Waals surface area (Å²) in [4.78, 5) is 6.87. The highest BCUT2D eigenvalue weighted by molar-refractivity contribution is 5.23. The topological polar surface area (TPSA) is 39.9 Å². The molecule has 1 aliphatic rings. The van der Waals surface area contributed by atoms with Crippen LogP contribution >= 0.6 is 0 Å². The van der Waals surface area contributed by atoms with Crippen molar-refractivity contribution < 1.29 is 0 Å². The third-order valence-electron chi connectivity index (χ3n) is 3.52. The minimum atomic E-state index is 0.380. The molecule has 0 amide bonds. The first-order valence-corrected chi connectivity index (χ1v) is 6.35. The van der Waals surface area contributed by atoms with E-state index in [1.165, 1.54) is 18.4 Å². The van der Waals surface area contributed by atoms with Gasteiger partial charge in [0.2, 0.25) is 0 Å². The molecule has 3 heteroatoms. The number of likely N-dealkylation sites (tertiary alicyclic amines) is 1. The van der Waals surface area contributed by atoms with Crippen molar-refractivity contribution >= 4 is 0 Å². The molecule has 1 fully saturated rings. The second kappa shape index (κ2) is 5.79. The van der Waals surface area contributed by atoms with Crippen LogP contribution in [0.3, 0.4) is 0 Å². The maximum atomic E-state index is 8.79. The van der Waals surface area contributed by atoms with Crippen LogP contribution in [-0.4, -0.2) is 23.0 Å². The number of aryl methyl sites for hydroxylation is 1. The van der Waals surface area contributed by atoms with E-state index in [0.29, 0.717) is 12.5 Å². The van der Waals surface area contributed by atoms with Gasteiger partial charge in [-0.05, 0) is 50.9 Å². The fraction of sp³-hybridized carbons (Fsp3) is 0.571. The molecule has 2 heterocycles. The molecule has 1 aliphatic heterocycles. The van der Waals surface area contributed by atoms with Gasteiger partial charge >= 0.3 is 0 Å². The SMILES string of the molecule is Cc1ncccc1C(CCC#N)N1CCCC1. The highest BCUT2D eigenvalue weighted by atomic mass is 15.2. The van der Waals surface area contributed by atoms with E-state index in [9.17, 15) is 0 Å². The van der Waals surface area contributed by atoms with Crippen molar-refractivity contribution in [1.29, 1.82) is 5.26 Å². The van der Waals surface area contributed by atoms with Crippen molar-refractivity contribution in [3.63, 3.8) is 0 Å². The summed E-state index contributed by atoms with van der Waals surface area (Å²) in [5.74, 6) is 0. The third kappa shape index (κ3) is 2.83. The zero-order chi connectivity index (χ0) is 12.1. The van der Waals surface area contributed by atoms with Gasteiger partial charge < -0.3 is 0 Å². The van der Waals surface area contributed by atoms with Crippen LogP contribution in [0.4, 0.5) is 0 Å². The molecule has 0 aromatic carbocycles. The standard InChI is InChI=1S/C14H19N3/c1-12-13(6-5-9-16-12)14(7-4-8-15)17-10-2-3-11-17/h5-6,9,14H,2-4,7,10-11H2,1H3. The van der Waals surface area contributed by atoms with Crippen molar-refractivity contribution in [1.82, 2.24) is 9.88 Å². The minimum Gasteiger partial charge on any atom is -0.296 e. The summed E-state index contributed by atoms with van der Waals surface area (Å²) in [5, 5.41) is 8.79. The van der Waals surface area contributed by atoms with E-state index >= 15 is 0 Å². The van der Waals surface area contributed by atoms with Gasteiger partial charge in [0.15, 0.2) is 0 Å². The fourth-order valence-corrected chi connectivity index (χ4v) is 2.64. The summed E-state index contributed by atoms with van der Waals surface area (Å²) in [6, 6.07) is 6.80. The summed E-state index contributed by atoms with van der Waals surface area (Å²) in [6.45, 7) is 4.37. The highest BCUT2D eigenvalue weighted by Crippen LogP contribution is 2.30. The van der Waals surface area contributed by atoms with Gasteiger partial charge in [0.25, 0.3) is 0 Å². The molecule has 90 valence electrons. The van der Waals surface area contributed by atoms with Gasteiger partial charge in [0.1, 0.15) is 0 Å². The van der Waals surface area contributed by atoms with Crippen LogP contribution < -0.4 is 0 Å².